The third kappa shape index (κ3) is 3.29. The number of hydrogen-bond acceptors (Lipinski definition) is 4. The zero-order valence-corrected chi connectivity index (χ0v) is 11.5. The largest absolute Gasteiger partial charge is 0.399 e. The molecule has 5 heteroatoms. The lowest BCUT2D eigenvalue weighted by molar-refractivity contribution is -0.133. The zero-order valence-electron chi connectivity index (χ0n) is 11.5. The Morgan fingerprint density at radius 3 is 3.05 bits per heavy atom. The topological polar surface area (TPSA) is 67.6 Å². The summed E-state index contributed by atoms with van der Waals surface area (Å²) in [6.07, 6.45) is 2.21. The minimum absolute atomic E-state index is 0.0936. The van der Waals surface area contributed by atoms with Crippen LogP contribution in [0.25, 0.3) is 0 Å². The second-order valence-corrected chi connectivity index (χ2v) is 5.59. The van der Waals surface area contributed by atoms with E-state index >= 15 is 0 Å². The van der Waals surface area contributed by atoms with Gasteiger partial charge in [0.15, 0.2) is 0 Å². The molecule has 1 unspecified atom stereocenters. The van der Waals surface area contributed by atoms with Crippen molar-refractivity contribution in [3.63, 3.8) is 0 Å². The average Bonchev–Trinajstić information content (AvgIpc) is 3.23. The molecule has 0 spiro atoms. The lowest BCUT2D eigenvalue weighted by Gasteiger charge is -2.34. The number of carbonyl (C=O) groups excluding carboxylic acids is 1. The predicted molar refractivity (Wildman–Crippen MR) is 77.0 cm³/mol. The molecule has 1 aliphatic carbocycles. The van der Waals surface area contributed by atoms with Gasteiger partial charge in [-0.25, -0.2) is 0 Å². The molecule has 1 saturated carbocycles. The summed E-state index contributed by atoms with van der Waals surface area (Å²) in [6, 6.07) is 8.03. The molecule has 2 fully saturated rings. The number of nitrogens with zero attached hydrogens (tertiary/aromatic N) is 1. The number of nitrogens with one attached hydrogen (secondary N) is 1. The quantitative estimate of drug-likeness (QED) is 0.796. The summed E-state index contributed by atoms with van der Waals surface area (Å²) in [7, 11) is 0. The molecule has 1 aliphatic heterocycles. The van der Waals surface area contributed by atoms with E-state index in [-0.39, 0.29) is 11.9 Å². The van der Waals surface area contributed by atoms with Crippen LogP contribution in [0.2, 0.25) is 0 Å². The van der Waals surface area contributed by atoms with Crippen LogP contribution in [0.5, 0.6) is 0 Å². The number of benzene rings is 1. The molecule has 1 saturated heterocycles. The number of nitrogens with two attached hydrogens (primary N) is 1. The number of anilines is 1. The van der Waals surface area contributed by atoms with Gasteiger partial charge in [-0.2, -0.15) is 0 Å². The fraction of sp³-hybridized carbons (Fsp3) is 0.533. The van der Waals surface area contributed by atoms with Crippen molar-refractivity contribution >= 4 is 11.6 Å². The highest BCUT2D eigenvalue weighted by Gasteiger charge is 2.33. The van der Waals surface area contributed by atoms with Crippen molar-refractivity contribution in [2.75, 3.05) is 25.5 Å². The maximum atomic E-state index is 12.3. The molecule has 1 atom stereocenters. The van der Waals surface area contributed by atoms with Crippen molar-refractivity contribution in [3.8, 4) is 0 Å². The third-order valence-electron chi connectivity index (χ3n) is 3.80. The van der Waals surface area contributed by atoms with Gasteiger partial charge in [0, 0.05) is 24.8 Å². The summed E-state index contributed by atoms with van der Waals surface area (Å²) in [6.45, 7) is 2.66. The normalized spacial score (nSPS) is 23.5. The number of morpholine rings is 1. The Morgan fingerprint density at radius 1 is 1.45 bits per heavy atom. The van der Waals surface area contributed by atoms with Gasteiger partial charge in [-0.05, 0) is 30.5 Å². The van der Waals surface area contributed by atoms with Gasteiger partial charge in [0.25, 0.3) is 0 Å². The molecule has 1 aromatic carbocycles. The van der Waals surface area contributed by atoms with Crippen LogP contribution < -0.4 is 11.1 Å². The molecule has 108 valence electrons. The molecule has 2 aliphatic rings. The van der Waals surface area contributed by atoms with E-state index in [9.17, 15) is 4.79 Å². The van der Waals surface area contributed by atoms with E-state index < -0.39 is 0 Å². The first-order valence-corrected chi connectivity index (χ1v) is 7.19. The standard InChI is InChI=1S/C15H21N3O2/c16-12-3-1-2-11(8-12)9-18-6-7-20-10-14(18)15(19)17-13-4-5-13/h1-3,8,13-14H,4-7,9-10,16H2,(H,17,19). The van der Waals surface area contributed by atoms with Crippen LogP contribution in [0.15, 0.2) is 24.3 Å². The Morgan fingerprint density at radius 2 is 2.30 bits per heavy atom. The van der Waals surface area contributed by atoms with Crippen LogP contribution in [0, 0.1) is 0 Å². The number of amides is 1. The predicted octanol–water partition coefficient (Wildman–Crippen LogP) is 0.748. The lowest BCUT2D eigenvalue weighted by atomic mass is 10.1. The van der Waals surface area contributed by atoms with E-state index in [0.717, 1.165) is 37.2 Å². The summed E-state index contributed by atoms with van der Waals surface area (Å²) >= 11 is 0. The SMILES string of the molecule is Nc1cccc(CN2CCOCC2C(=O)NC2CC2)c1. The monoisotopic (exact) mass is 275 g/mol. The summed E-state index contributed by atoms with van der Waals surface area (Å²) in [5, 5.41) is 3.07. The summed E-state index contributed by atoms with van der Waals surface area (Å²) in [5.74, 6) is 0.0936. The average molecular weight is 275 g/mol. The van der Waals surface area contributed by atoms with Crippen molar-refractivity contribution in [2.24, 2.45) is 0 Å². The molecule has 0 bridgehead atoms. The maximum absolute atomic E-state index is 12.3. The van der Waals surface area contributed by atoms with Crippen molar-refractivity contribution in [3.05, 3.63) is 29.8 Å². The Kier molecular flexibility index (Phi) is 3.89. The summed E-state index contributed by atoms with van der Waals surface area (Å²) in [5.41, 5.74) is 7.70. The van der Waals surface area contributed by atoms with Gasteiger partial charge < -0.3 is 15.8 Å². The zero-order chi connectivity index (χ0) is 13.9. The van der Waals surface area contributed by atoms with Crippen LogP contribution in [0.1, 0.15) is 18.4 Å². The summed E-state index contributed by atoms with van der Waals surface area (Å²) < 4.78 is 5.47. The minimum atomic E-state index is -0.189. The van der Waals surface area contributed by atoms with E-state index in [1.54, 1.807) is 0 Å². The lowest BCUT2D eigenvalue weighted by Crippen LogP contribution is -2.53. The molecular formula is C15H21N3O2. The van der Waals surface area contributed by atoms with Crippen LogP contribution in [0.4, 0.5) is 5.69 Å². The molecule has 3 N–H and O–H groups in total. The Hall–Kier alpha value is -1.59. The number of hydrogen-bond donors (Lipinski definition) is 2. The van der Waals surface area contributed by atoms with E-state index in [4.69, 9.17) is 10.5 Å². The first-order valence-electron chi connectivity index (χ1n) is 7.19. The van der Waals surface area contributed by atoms with Crippen molar-refractivity contribution in [1.82, 2.24) is 10.2 Å². The van der Waals surface area contributed by atoms with Gasteiger partial charge in [-0.1, -0.05) is 12.1 Å². The fourth-order valence-corrected chi connectivity index (χ4v) is 2.52. The number of rotatable bonds is 4. The van der Waals surface area contributed by atoms with Crippen molar-refractivity contribution in [2.45, 2.75) is 31.5 Å². The molecule has 5 nitrogen and oxygen atoms in total. The fourth-order valence-electron chi connectivity index (χ4n) is 2.52. The van der Waals surface area contributed by atoms with Gasteiger partial charge in [0.05, 0.1) is 13.2 Å². The molecule has 3 rings (SSSR count). The van der Waals surface area contributed by atoms with E-state index in [1.165, 1.54) is 0 Å². The number of ether oxygens (including phenoxy) is 1. The summed E-state index contributed by atoms with van der Waals surface area (Å²) in [4.78, 5) is 14.4. The first-order chi connectivity index (χ1) is 9.72. The number of carbonyl (C=O) groups is 1. The van der Waals surface area contributed by atoms with Crippen LogP contribution in [-0.2, 0) is 16.1 Å². The van der Waals surface area contributed by atoms with Crippen LogP contribution >= 0.6 is 0 Å². The molecule has 0 aromatic heterocycles. The number of nitrogen functional groups attached to an aromatic ring is 1. The van der Waals surface area contributed by atoms with E-state index in [0.29, 0.717) is 19.3 Å². The molecular weight excluding hydrogens is 254 g/mol. The Bertz CT molecular complexity index is 488. The van der Waals surface area contributed by atoms with Gasteiger partial charge in [0.2, 0.25) is 5.91 Å². The second kappa shape index (κ2) is 5.81. The molecule has 1 aromatic rings. The second-order valence-electron chi connectivity index (χ2n) is 5.59. The highest BCUT2D eigenvalue weighted by Crippen LogP contribution is 2.20. The Balaban J connectivity index is 1.66. The molecule has 1 amide bonds. The molecule has 0 radical (unpaired) electrons. The van der Waals surface area contributed by atoms with Gasteiger partial charge in [-0.3, -0.25) is 9.69 Å². The van der Waals surface area contributed by atoms with Crippen LogP contribution in [0.3, 0.4) is 0 Å². The van der Waals surface area contributed by atoms with E-state index in [1.807, 2.05) is 24.3 Å². The van der Waals surface area contributed by atoms with Crippen LogP contribution in [-0.4, -0.2) is 42.6 Å². The smallest absolute Gasteiger partial charge is 0.239 e. The van der Waals surface area contributed by atoms with Gasteiger partial charge >= 0.3 is 0 Å². The van der Waals surface area contributed by atoms with E-state index in [2.05, 4.69) is 10.2 Å². The Labute approximate surface area is 119 Å². The van der Waals surface area contributed by atoms with Crippen molar-refractivity contribution < 1.29 is 9.53 Å². The molecule has 1 heterocycles. The van der Waals surface area contributed by atoms with Crippen molar-refractivity contribution in [1.29, 1.82) is 0 Å². The minimum Gasteiger partial charge on any atom is -0.399 e. The highest BCUT2D eigenvalue weighted by atomic mass is 16.5. The highest BCUT2D eigenvalue weighted by molar-refractivity contribution is 5.82. The molecule has 20 heavy (non-hydrogen) atoms. The third-order valence-corrected chi connectivity index (χ3v) is 3.80. The maximum Gasteiger partial charge on any atom is 0.239 e. The first kappa shape index (κ1) is 13.4. The van der Waals surface area contributed by atoms with Gasteiger partial charge in [-0.15, -0.1) is 0 Å². The van der Waals surface area contributed by atoms with Gasteiger partial charge in [0.1, 0.15) is 6.04 Å².